The number of amides is 2. The van der Waals surface area contributed by atoms with E-state index >= 15 is 0 Å². The van der Waals surface area contributed by atoms with Crippen LogP contribution in [0.2, 0.25) is 0 Å². The zero-order chi connectivity index (χ0) is 16.4. The van der Waals surface area contributed by atoms with Gasteiger partial charge in [0.2, 0.25) is 11.8 Å². The molecular weight excluding hydrogens is 290 g/mol. The molecule has 3 rings (SSSR count). The summed E-state index contributed by atoms with van der Waals surface area (Å²) in [4.78, 5) is 24.5. The number of carbonyl (C=O) groups is 2. The normalized spacial score (nSPS) is 27.0. The molecule has 1 saturated carbocycles. The Morgan fingerprint density at radius 2 is 1.78 bits per heavy atom. The van der Waals surface area contributed by atoms with Gasteiger partial charge in [-0.3, -0.25) is 9.59 Å². The fraction of sp³-hybridized carbons (Fsp3) is 0.556. The van der Waals surface area contributed by atoms with Gasteiger partial charge < -0.3 is 16.0 Å². The lowest BCUT2D eigenvalue weighted by atomic mass is 9.87. The highest BCUT2D eigenvalue weighted by molar-refractivity contribution is 5.95. The predicted octanol–water partition coefficient (Wildman–Crippen LogP) is 2.03. The molecule has 1 saturated heterocycles. The molecule has 0 bridgehead atoms. The Labute approximate surface area is 137 Å². The monoisotopic (exact) mass is 315 g/mol. The molecule has 1 aliphatic heterocycles. The lowest BCUT2D eigenvalue weighted by Gasteiger charge is -2.40. The SMILES string of the molecule is Cc1cc(C)cc(NC(=O)C[C@H]2N[C@@H]3CCCC[C@@H]3NC2=O)c1. The van der Waals surface area contributed by atoms with Crippen molar-refractivity contribution in [1.82, 2.24) is 10.6 Å². The summed E-state index contributed by atoms with van der Waals surface area (Å²) in [6.07, 6.45) is 4.62. The molecule has 0 radical (unpaired) electrons. The topological polar surface area (TPSA) is 70.2 Å². The molecule has 3 N–H and O–H groups in total. The van der Waals surface area contributed by atoms with Crippen LogP contribution in [0.25, 0.3) is 0 Å². The highest BCUT2D eigenvalue weighted by Crippen LogP contribution is 2.22. The van der Waals surface area contributed by atoms with E-state index in [1.165, 1.54) is 12.8 Å². The van der Waals surface area contributed by atoms with Gasteiger partial charge >= 0.3 is 0 Å². The number of aryl methyl sites for hydroxylation is 2. The van der Waals surface area contributed by atoms with Crippen LogP contribution in [-0.2, 0) is 9.59 Å². The zero-order valence-electron chi connectivity index (χ0n) is 13.8. The van der Waals surface area contributed by atoms with Crippen molar-refractivity contribution >= 4 is 17.5 Å². The van der Waals surface area contributed by atoms with Crippen LogP contribution < -0.4 is 16.0 Å². The van der Waals surface area contributed by atoms with Crippen molar-refractivity contribution in [3.8, 4) is 0 Å². The first-order valence-electron chi connectivity index (χ1n) is 8.46. The van der Waals surface area contributed by atoms with Gasteiger partial charge in [-0.15, -0.1) is 0 Å². The van der Waals surface area contributed by atoms with Crippen molar-refractivity contribution in [2.24, 2.45) is 0 Å². The molecule has 3 atom stereocenters. The van der Waals surface area contributed by atoms with E-state index in [-0.39, 0.29) is 24.3 Å². The molecule has 1 heterocycles. The maximum Gasteiger partial charge on any atom is 0.237 e. The molecule has 5 nitrogen and oxygen atoms in total. The van der Waals surface area contributed by atoms with Gasteiger partial charge in [0, 0.05) is 17.8 Å². The number of hydrogen-bond donors (Lipinski definition) is 3. The van der Waals surface area contributed by atoms with Crippen LogP contribution in [-0.4, -0.2) is 29.9 Å². The first kappa shape index (κ1) is 16.0. The fourth-order valence-electron chi connectivity index (χ4n) is 3.72. The Kier molecular flexibility index (Phi) is 4.66. The van der Waals surface area contributed by atoms with Crippen LogP contribution >= 0.6 is 0 Å². The summed E-state index contributed by atoms with van der Waals surface area (Å²) in [5.74, 6) is -0.180. The summed E-state index contributed by atoms with van der Waals surface area (Å²) in [6.45, 7) is 4.00. The first-order chi connectivity index (χ1) is 11.0. The summed E-state index contributed by atoms with van der Waals surface area (Å²) in [5.41, 5.74) is 3.01. The number of nitrogens with one attached hydrogen (secondary N) is 3. The summed E-state index contributed by atoms with van der Waals surface area (Å²) >= 11 is 0. The average molecular weight is 315 g/mol. The Balaban J connectivity index is 1.59. The largest absolute Gasteiger partial charge is 0.350 e. The van der Waals surface area contributed by atoms with Gasteiger partial charge in [-0.05, 0) is 49.9 Å². The molecule has 2 fully saturated rings. The van der Waals surface area contributed by atoms with Crippen molar-refractivity contribution in [1.29, 1.82) is 0 Å². The Bertz CT molecular complexity index is 594. The van der Waals surface area contributed by atoms with E-state index in [1.54, 1.807) is 0 Å². The highest BCUT2D eigenvalue weighted by Gasteiger charge is 2.36. The Hall–Kier alpha value is -1.88. The van der Waals surface area contributed by atoms with Crippen molar-refractivity contribution < 1.29 is 9.59 Å². The third kappa shape index (κ3) is 3.91. The predicted molar refractivity (Wildman–Crippen MR) is 90.3 cm³/mol. The second-order valence-corrected chi connectivity index (χ2v) is 6.85. The molecule has 124 valence electrons. The number of fused-ring (bicyclic) bond motifs is 1. The van der Waals surface area contributed by atoms with E-state index in [1.807, 2.05) is 26.0 Å². The standard InChI is InChI=1S/C18H25N3O2/c1-11-7-12(2)9-13(8-11)19-17(22)10-16-18(23)21-15-6-4-3-5-14(15)20-16/h7-9,14-16,20H,3-6,10H2,1-2H3,(H,19,22)(H,21,23)/t14-,15+,16-/m1/s1. The van der Waals surface area contributed by atoms with Crippen LogP contribution in [0.4, 0.5) is 5.69 Å². The molecule has 1 aliphatic carbocycles. The number of rotatable bonds is 3. The number of hydrogen-bond acceptors (Lipinski definition) is 3. The third-order valence-electron chi connectivity index (χ3n) is 4.72. The van der Waals surface area contributed by atoms with Crippen LogP contribution in [0.15, 0.2) is 18.2 Å². The second-order valence-electron chi connectivity index (χ2n) is 6.85. The van der Waals surface area contributed by atoms with E-state index in [0.717, 1.165) is 29.7 Å². The molecule has 1 aromatic carbocycles. The smallest absolute Gasteiger partial charge is 0.237 e. The molecule has 0 unspecified atom stereocenters. The third-order valence-corrected chi connectivity index (χ3v) is 4.72. The van der Waals surface area contributed by atoms with Crippen LogP contribution in [0, 0.1) is 13.8 Å². The van der Waals surface area contributed by atoms with Gasteiger partial charge in [0.25, 0.3) is 0 Å². The van der Waals surface area contributed by atoms with Gasteiger partial charge in [0.15, 0.2) is 0 Å². The quantitative estimate of drug-likeness (QED) is 0.799. The first-order valence-corrected chi connectivity index (χ1v) is 8.46. The number of carbonyl (C=O) groups excluding carboxylic acids is 2. The summed E-state index contributed by atoms with van der Waals surface area (Å²) in [7, 11) is 0. The Morgan fingerprint density at radius 1 is 1.13 bits per heavy atom. The highest BCUT2D eigenvalue weighted by atomic mass is 16.2. The van der Waals surface area contributed by atoms with E-state index < -0.39 is 6.04 Å². The van der Waals surface area contributed by atoms with E-state index in [0.29, 0.717) is 6.04 Å². The van der Waals surface area contributed by atoms with Crippen molar-refractivity contribution in [3.63, 3.8) is 0 Å². The summed E-state index contributed by atoms with van der Waals surface area (Å²) in [6, 6.07) is 6.05. The number of piperazine rings is 1. The van der Waals surface area contributed by atoms with Crippen LogP contribution in [0.1, 0.15) is 43.2 Å². The second kappa shape index (κ2) is 6.71. The minimum absolute atomic E-state index is 0.0521. The minimum atomic E-state index is -0.430. The maximum atomic E-state index is 12.3. The van der Waals surface area contributed by atoms with Gasteiger partial charge in [0.1, 0.15) is 0 Å². The van der Waals surface area contributed by atoms with Gasteiger partial charge in [-0.1, -0.05) is 18.9 Å². The van der Waals surface area contributed by atoms with Gasteiger partial charge in [-0.25, -0.2) is 0 Å². The van der Waals surface area contributed by atoms with E-state index in [4.69, 9.17) is 0 Å². The maximum absolute atomic E-state index is 12.3. The average Bonchev–Trinajstić information content (AvgIpc) is 2.46. The van der Waals surface area contributed by atoms with Crippen molar-refractivity contribution in [2.75, 3.05) is 5.32 Å². The lowest BCUT2D eigenvalue weighted by Crippen LogP contribution is -2.65. The molecule has 0 aromatic heterocycles. The number of anilines is 1. The van der Waals surface area contributed by atoms with Gasteiger partial charge in [-0.2, -0.15) is 0 Å². The molecule has 2 aliphatic rings. The zero-order valence-corrected chi connectivity index (χ0v) is 13.8. The van der Waals surface area contributed by atoms with Crippen molar-refractivity contribution in [2.45, 2.75) is 64.1 Å². The summed E-state index contributed by atoms with van der Waals surface area (Å²) < 4.78 is 0. The molecule has 5 heteroatoms. The minimum Gasteiger partial charge on any atom is -0.350 e. The molecular formula is C18H25N3O2. The molecule has 0 spiro atoms. The molecule has 1 aromatic rings. The molecule has 2 amide bonds. The van der Waals surface area contributed by atoms with Gasteiger partial charge in [0.05, 0.1) is 12.5 Å². The van der Waals surface area contributed by atoms with Crippen LogP contribution in [0.3, 0.4) is 0 Å². The fourth-order valence-corrected chi connectivity index (χ4v) is 3.72. The van der Waals surface area contributed by atoms with Crippen molar-refractivity contribution in [3.05, 3.63) is 29.3 Å². The lowest BCUT2D eigenvalue weighted by molar-refractivity contribution is -0.129. The van der Waals surface area contributed by atoms with E-state index in [2.05, 4.69) is 22.0 Å². The number of benzene rings is 1. The van der Waals surface area contributed by atoms with Crippen LogP contribution in [0.5, 0.6) is 0 Å². The Morgan fingerprint density at radius 3 is 2.48 bits per heavy atom. The summed E-state index contributed by atoms with van der Waals surface area (Å²) in [5, 5.41) is 9.35. The van der Waals surface area contributed by atoms with E-state index in [9.17, 15) is 9.59 Å². The molecule has 23 heavy (non-hydrogen) atoms.